The fraction of sp³-hybridized carbons (Fsp3) is 0.333. The molecule has 2 nitrogen and oxygen atoms in total. The zero-order chi connectivity index (χ0) is 7.11. The Morgan fingerprint density at radius 2 is 2.33 bits per heavy atom. The quantitative estimate of drug-likeness (QED) is 0.327. The fourth-order valence-corrected chi connectivity index (χ4v) is 1.07. The van der Waals surface area contributed by atoms with E-state index in [1.165, 1.54) is 0 Å². The average molecular weight is 143 g/mol. The SMILES string of the molecule is C=CCO[SiH2]C(N)C=C. The molecule has 52 valence electrons. The van der Waals surface area contributed by atoms with Gasteiger partial charge in [-0.2, -0.15) is 0 Å². The van der Waals surface area contributed by atoms with Crippen molar-refractivity contribution in [2.24, 2.45) is 5.73 Å². The van der Waals surface area contributed by atoms with E-state index >= 15 is 0 Å². The molecule has 0 aromatic heterocycles. The van der Waals surface area contributed by atoms with Gasteiger partial charge in [-0.3, -0.25) is 0 Å². The van der Waals surface area contributed by atoms with Crippen molar-refractivity contribution in [1.82, 2.24) is 0 Å². The van der Waals surface area contributed by atoms with Crippen molar-refractivity contribution in [2.75, 3.05) is 6.61 Å². The minimum atomic E-state index is -0.587. The first kappa shape index (κ1) is 8.62. The third-order valence-electron chi connectivity index (χ3n) is 0.849. The van der Waals surface area contributed by atoms with Crippen LogP contribution in [0, 0.1) is 0 Å². The Hall–Kier alpha value is -0.383. The molecule has 3 heteroatoms. The van der Waals surface area contributed by atoms with Crippen molar-refractivity contribution in [2.45, 2.75) is 5.67 Å². The lowest BCUT2D eigenvalue weighted by molar-refractivity contribution is 0.381. The van der Waals surface area contributed by atoms with Gasteiger partial charge in [-0.25, -0.2) is 0 Å². The molecule has 0 saturated carbocycles. The molecule has 0 fully saturated rings. The monoisotopic (exact) mass is 143 g/mol. The first-order valence-corrected chi connectivity index (χ1v) is 4.27. The van der Waals surface area contributed by atoms with Crippen molar-refractivity contribution in [3.63, 3.8) is 0 Å². The van der Waals surface area contributed by atoms with Gasteiger partial charge >= 0.3 is 0 Å². The zero-order valence-electron chi connectivity index (χ0n) is 5.55. The molecule has 1 unspecified atom stereocenters. The summed E-state index contributed by atoms with van der Waals surface area (Å²) in [7, 11) is -0.587. The van der Waals surface area contributed by atoms with E-state index in [-0.39, 0.29) is 5.67 Å². The van der Waals surface area contributed by atoms with E-state index in [0.717, 1.165) is 0 Å². The second kappa shape index (κ2) is 5.75. The molecule has 0 amide bonds. The molecule has 0 aromatic carbocycles. The van der Waals surface area contributed by atoms with Gasteiger partial charge < -0.3 is 10.2 Å². The van der Waals surface area contributed by atoms with E-state index in [1.807, 2.05) is 0 Å². The molecular formula is C6H13NOSi. The molecule has 0 rings (SSSR count). The topological polar surface area (TPSA) is 35.2 Å². The number of hydrogen-bond acceptors (Lipinski definition) is 2. The Morgan fingerprint density at radius 1 is 1.67 bits per heavy atom. The fourth-order valence-electron chi connectivity index (χ4n) is 0.355. The summed E-state index contributed by atoms with van der Waals surface area (Å²) in [6.07, 6.45) is 3.44. The second-order valence-electron chi connectivity index (χ2n) is 1.73. The molecule has 9 heavy (non-hydrogen) atoms. The molecule has 0 aliphatic rings. The van der Waals surface area contributed by atoms with Crippen LogP contribution in [0.1, 0.15) is 0 Å². The highest BCUT2D eigenvalue weighted by Crippen LogP contribution is 1.78. The summed E-state index contributed by atoms with van der Waals surface area (Å²) in [6.45, 7) is 7.68. The van der Waals surface area contributed by atoms with Crippen LogP contribution in [0.4, 0.5) is 0 Å². The van der Waals surface area contributed by atoms with Gasteiger partial charge in [0.1, 0.15) is 0 Å². The molecule has 0 aromatic rings. The smallest absolute Gasteiger partial charge is 0.182 e. The Morgan fingerprint density at radius 3 is 2.78 bits per heavy atom. The summed E-state index contributed by atoms with van der Waals surface area (Å²) in [5, 5.41) is 0. The van der Waals surface area contributed by atoms with E-state index in [9.17, 15) is 0 Å². The lowest BCUT2D eigenvalue weighted by atomic mass is 10.6. The molecule has 2 N–H and O–H groups in total. The summed E-state index contributed by atoms with van der Waals surface area (Å²) in [5.74, 6) is 0. The molecular weight excluding hydrogens is 130 g/mol. The summed E-state index contributed by atoms with van der Waals surface area (Å²) in [4.78, 5) is 0. The summed E-state index contributed by atoms with van der Waals surface area (Å²) < 4.78 is 5.16. The Labute approximate surface area is 58.3 Å². The van der Waals surface area contributed by atoms with Gasteiger partial charge in [0.2, 0.25) is 0 Å². The first-order valence-electron chi connectivity index (χ1n) is 2.88. The Balaban J connectivity index is 3.05. The van der Waals surface area contributed by atoms with E-state index in [2.05, 4.69) is 13.2 Å². The van der Waals surface area contributed by atoms with Crippen LogP contribution >= 0.6 is 0 Å². The molecule has 0 spiro atoms. The zero-order valence-corrected chi connectivity index (χ0v) is 6.96. The highest BCUT2D eigenvalue weighted by Gasteiger charge is 1.94. The van der Waals surface area contributed by atoms with Crippen LogP contribution in [-0.4, -0.2) is 22.0 Å². The lowest BCUT2D eigenvalue weighted by Gasteiger charge is -2.02. The second-order valence-corrected chi connectivity index (χ2v) is 3.41. The van der Waals surface area contributed by atoms with Crippen LogP contribution in [0.25, 0.3) is 0 Å². The lowest BCUT2D eigenvalue weighted by Crippen LogP contribution is -2.26. The van der Waals surface area contributed by atoms with Gasteiger partial charge in [0, 0.05) is 5.67 Å². The van der Waals surface area contributed by atoms with Gasteiger partial charge in [0.25, 0.3) is 0 Å². The average Bonchev–Trinajstić information content (AvgIpc) is 1.89. The molecule has 0 heterocycles. The molecule has 0 aliphatic heterocycles. The minimum absolute atomic E-state index is 0.0879. The van der Waals surface area contributed by atoms with Crippen LogP contribution in [-0.2, 0) is 4.43 Å². The standard InChI is InChI=1S/C6H13NOSi/c1-3-5-8-9-6(7)4-2/h3-4,6H,1-2,5,7,9H2. The highest BCUT2D eigenvalue weighted by molar-refractivity contribution is 6.30. The van der Waals surface area contributed by atoms with Gasteiger partial charge in [0.15, 0.2) is 9.76 Å². The van der Waals surface area contributed by atoms with Crippen molar-refractivity contribution in [1.29, 1.82) is 0 Å². The third kappa shape index (κ3) is 5.49. The summed E-state index contributed by atoms with van der Waals surface area (Å²) in [6, 6.07) is 0. The van der Waals surface area contributed by atoms with E-state index in [4.69, 9.17) is 10.2 Å². The Kier molecular flexibility index (Phi) is 5.50. The van der Waals surface area contributed by atoms with E-state index in [0.29, 0.717) is 6.61 Å². The van der Waals surface area contributed by atoms with Crippen molar-refractivity contribution in [3.05, 3.63) is 25.3 Å². The van der Waals surface area contributed by atoms with Crippen LogP contribution in [0.15, 0.2) is 25.3 Å². The van der Waals surface area contributed by atoms with Gasteiger partial charge in [-0.15, -0.1) is 13.2 Å². The predicted molar refractivity (Wildman–Crippen MR) is 42.9 cm³/mol. The van der Waals surface area contributed by atoms with Crippen LogP contribution in [0.2, 0.25) is 0 Å². The van der Waals surface area contributed by atoms with Crippen molar-refractivity contribution < 1.29 is 4.43 Å². The number of rotatable bonds is 5. The normalized spacial score (nSPS) is 13.9. The van der Waals surface area contributed by atoms with Gasteiger partial charge in [-0.05, 0) is 0 Å². The van der Waals surface area contributed by atoms with Crippen molar-refractivity contribution >= 4 is 9.76 Å². The largest absolute Gasteiger partial charge is 0.418 e. The van der Waals surface area contributed by atoms with E-state index in [1.54, 1.807) is 12.2 Å². The maximum absolute atomic E-state index is 5.50. The maximum Gasteiger partial charge on any atom is 0.182 e. The molecule has 0 radical (unpaired) electrons. The minimum Gasteiger partial charge on any atom is -0.418 e. The first-order chi connectivity index (χ1) is 4.31. The van der Waals surface area contributed by atoms with Gasteiger partial charge in [0.05, 0.1) is 6.61 Å². The predicted octanol–water partition coefficient (Wildman–Crippen LogP) is -0.256. The molecule has 0 bridgehead atoms. The maximum atomic E-state index is 5.50. The molecule has 0 saturated heterocycles. The summed E-state index contributed by atoms with van der Waals surface area (Å²) in [5.41, 5.74) is 5.59. The van der Waals surface area contributed by atoms with Crippen LogP contribution in [0.3, 0.4) is 0 Å². The van der Waals surface area contributed by atoms with Crippen molar-refractivity contribution in [3.8, 4) is 0 Å². The summed E-state index contributed by atoms with van der Waals surface area (Å²) >= 11 is 0. The third-order valence-corrected chi connectivity index (χ3v) is 2.04. The molecule has 1 atom stereocenters. The Bertz CT molecular complexity index is 95.1. The van der Waals surface area contributed by atoms with Gasteiger partial charge in [-0.1, -0.05) is 12.2 Å². The number of nitrogens with two attached hydrogens (primary N) is 1. The highest BCUT2D eigenvalue weighted by atomic mass is 28.2. The van der Waals surface area contributed by atoms with Crippen LogP contribution in [0.5, 0.6) is 0 Å². The van der Waals surface area contributed by atoms with E-state index < -0.39 is 9.76 Å². The number of hydrogen-bond donors (Lipinski definition) is 1. The van der Waals surface area contributed by atoms with Crippen LogP contribution < -0.4 is 5.73 Å². The molecule has 0 aliphatic carbocycles.